The summed E-state index contributed by atoms with van der Waals surface area (Å²) >= 11 is 0. The number of methoxy groups -OCH3 is 1. The van der Waals surface area contributed by atoms with Crippen molar-refractivity contribution in [2.24, 2.45) is 0 Å². The Morgan fingerprint density at radius 1 is 1.38 bits per heavy atom. The van der Waals surface area contributed by atoms with Gasteiger partial charge in [-0.3, -0.25) is 4.90 Å². The van der Waals surface area contributed by atoms with Crippen LogP contribution in [0.25, 0.3) is 0 Å². The smallest absolute Gasteiger partial charge is 0.147 e. The number of ether oxygens (including phenoxy) is 1. The predicted octanol–water partition coefficient (Wildman–Crippen LogP) is 1.15. The largest absolute Gasteiger partial charge is 0.385 e. The van der Waals surface area contributed by atoms with Crippen LogP contribution in [0.2, 0.25) is 0 Å². The number of rotatable bonds is 8. The zero-order valence-electron chi connectivity index (χ0n) is 13.9. The molecule has 0 radical (unpaired) electrons. The molecule has 0 spiro atoms. The maximum absolute atomic E-state index is 5.13. The number of hydrogen-bond acceptors (Lipinski definition) is 5. The molecule has 6 heteroatoms. The van der Waals surface area contributed by atoms with Gasteiger partial charge in [0.15, 0.2) is 0 Å². The van der Waals surface area contributed by atoms with E-state index in [0.29, 0.717) is 6.04 Å². The van der Waals surface area contributed by atoms with Gasteiger partial charge in [-0.25, -0.2) is 0 Å². The fourth-order valence-corrected chi connectivity index (χ4v) is 3.11. The molecule has 1 aromatic heterocycles. The zero-order valence-corrected chi connectivity index (χ0v) is 13.9. The minimum absolute atomic E-state index is 0.620. The fraction of sp³-hybridized carbons (Fsp3) is 0.867. The molecule has 0 aliphatic carbocycles. The van der Waals surface area contributed by atoms with E-state index in [1.54, 1.807) is 7.11 Å². The van der Waals surface area contributed by atoms with Gasteiger partial charge in [0.2, 0.25) is 0 Å². The van der Waals surface area contributed by atoms with E-state index < -0.39 is 0 Å². The van der Waals surface area contributed by atoms with Crippen LogP contribution in [0.3, 0.4) is 0 Å². The highest BCUT2D eigenvalue weighted by Gasteiger charge is 2.26. The third kappa shape index (κ3) is 4.25. The van der Waals surface area contributed by atoms with Gasteiger partial charge >= 0.3 is 0 Å². The predicted molar refractivity (Wildman–Crippen MR) is 83.2 cm³/mol. The molecular weight excluding hydrogens is 266 g/mol. The monoisotopic (exact) mass is 295 g/mol. The van der Waals surface area contributed by atoms with E-state index >= 15 is 0 Å². The molecule has 21 heavy (non-hydrogen) atoms. The minimum atomic E-state index is 0.620. The Morgan fingerprint density at radius 2 is 2.19 bits per heavy atom. The summed E-state index contributed by atoms with van der Waals surface area (Å²) in [6, 6.07) is 0.620. The molecule has 120 valence electrons. The molecule has 0 bridgehead atoms. The van der Waals surface area contributed by atoms with E-state index in [1.807, 2.05) is 6.92 Å². The first kappa shape index (κ1) is 16.4. The summed E-state index contributed by atoms with van der Waals surface area (Å²) in [6.07, 6.45) is 2.36. The van der Waals surface area contributed by atoms with E-state index in [2.05, 4.69) is 38.5 Å². The Bertz CT molecular complexity index is 434. The van der Waals surface area contributed by atoms with Crippen LogP contribution in [-0.4, -0.2) is 71.0 Å². The number of nitrogens with zero attached hydrogens (tertiary/aromatic N) is 5. The highest BCUT2D eigenvalue weighted by molar-refractivity contribution is 4.95. The van der Waals surface area contributed by atoms with Crippen molar-refractivity contribution in [1.82, 2.24) is 24.6 Å². The number of hydrogen-bond donors (Lipinski definition) is 0. The fourth-order valence-electron chi connectivity index (χ4n) is 3.11. The summed E-state index contributed by atoms with van der Waals surface area (Å²) in [4.78, 5) is 4.96. The van der Waals surface area contributed by atoms with E-state index in [1.165, 1.54) is 13.0 Å². The second-order valence-corrected chi connectivity index (χ2v) is 5.91. The number of aromatic nitrogens is 3. The maximum atomic E-state index is 5.13. The Morgan fingerprint density at radius 3 is 2.90 bits per heavy atom. The van der Waals surface area contributed by atoms with Crippen molar-refractivity contribution >= 4 is 0 Å². The average Bonchev–Trinajstić information content (AvgIpc) is 3.06. The van der Waals surface area contributed by atoms with Gasteiger partial charge in [0.1, 0.15) is 11.6 Å². The molecule has 0 unspecified atom stereocenters. The number of likely N-dealkylation sites (tertiary alicyclic amines) is 1. The SMILES string of the molecule is CCn1c(C)nnc1CN(C)[C@@H]1CCN(CCCOC)C1. The average molecular weight is 295 g/mol. The Kier molecular flexibility index (Phi) is 6.14. The highest BCUT2D eigenvalue weighted by Crippen LogP contribution is 2.16. The Labute approximate surface area is 128 Å². The van der Waals surface area contributed by atoms with Crippen LogP contribution in [0, 0.1) is 6.92 Å². The first-order chi connectivity index (χ1) is 10.2. The lowest BCUT2D eigenvalue weighted by Crippen LogP contribution is -2.35. The van der Waals surface area contributed by atoms with Gasteiger partial charge in [0.25, 0.3) is 0 Å². The summed E-state index contributed by atoms with van der Waals surface area (Å²) in [5, 5.41) is 8.51. The summed E-state index contributed by atoms with van der Waals surface area (Å²) < 4.78 is 7.32. The van der Waals surface area contributed by atoms with E-state index in [0.717, 1.165) is 50.9 Å². The van der Waals surface area contributed by atoms with Crippen molar-refractivity contribution in [3.05, 3.63) is 11.6 Å². The van der Waals surface area contributed by atoms with E-state index in [9.17, 15) is 0 Å². The highest BCUT2D eigenvalue weighted by atomic mass is 16.5. The molecule has 1 fully saturated rings. The molecule has 1 aliphatic heterocycles. The van der Waals surface area contributed by atoms with Crippen LogP contribution in [0.5, 0.6) is 0 Å². The van der Waals surface area contributed by atoms with Crippen molar-refractivity contribution in [3.63, 3.8) is 0 Å². The molecule has 1 saturated heterocycles. The van der Waals surface area contributed by atoms with Crippen LogP contribution in [0.4, 0.5) is 0 Å². The topological polar surface area (TPSA) is 46.4 Å². The minimum Gasteiger partial charge on any atom is -0.385 e. The Hall–Kier alpha value is -0.980. The molecule has 1 aromatic rings. The first-order valence-electron chi connectivity index (χ1n) is 7.96. The van der Waals surface area contributed by atoms with Crippen molar-refractivity contribution < 1.29 is 4.74 Å². The standard InChI is InChI=1S/C15H29N5O/c1-5-20-13(2)16-17-15(20)12-18(3)14-7-9-19(11-14)8-6-10-21-4/h14H,5-12H2,1-4H3/t14-/m1/s1. The van der Waals surface area contributed by atoms with Crippen molar-refractivity contribution in [2.75, 3.05) is 40.4 Å². The van der Waals surface area contributed by atoms with Gasteiger partial charge < -0.3 is 14.2 Å². The zero-order chi connectivity index (χ0) is 15.2. The second kappa shape index (κ2) is 7.87. The quantitative estimate of drug-likeness (QED) is 0.673. The van der Waals surface area contributed by atoms with E-state index in [4.69, 9.17) is 4.74 Å². The van der Waals surface area contributed by atoms with Crippen LogP contribution >= 0.6 is 0 Å². The van der Waals surface area contributed by atoms with Crippen molar-refractivity contribution in [1.29, 1.82) is 0 Å². The van der Waals surface area contributed by atoms with Gasteiger partial charge in [0.05, 0.1) is 6.54 Å². The molecule has 1 atom stereocenters. The first-order valence-corrected chi connectivity index (χ1v) is 7.96. The second-order valence-electron chi connectivity index (χ2n) is 5.91. The van der Waals surface area contributed by atoms with Gasteiger partial charge in [-0.1, -0.05) is 0 Å². The lowest BCUT2D eigenvalue weighted by Gasteiger charge is -2.24. The molecule has 0 amide bonds. The molecule has 1 aliphatic rings. The third-order valence-corrected chi connectivity index (χ3v) is 4.41. The van der Waals surface area contributed by atoms with Gasteiger partial charge in [-0.05, 0) is 40.3 Å². The summed E-state index contributed by atoms with van der Waals surface area (Å²) in [5.41, 5.74) is 0. The molecule has 2 heterocycles. The van der Waals surface area contributed by atoms with Crippen LogP contribution < -0.4 is 0 Å². The summed E-state index contributed by atoms with van der Waals surface area (Å²) in [6.45, 7) is 10.3. The van der Waals surface area contributed by atoms with Crippen LogP contribution in [0.15, 0.2) is 0 Å². The molecule has 0 saturated carbocycles. The molecule has 0 aromatic carbocycles. The van der Waals surface area contributed by atoms with Crippen LogP contribution in [-0.2, 0) is 17.8 Å². The summed E-state index contributed by atoms with van der Waals surface area (Å²) in [7, 11) is 3.97. The summed E-state index contributed by atoms with van der Waals surface area (Å²) in [5.74, 6) is 2.09. The third-order valence-electron chi connectivity index (χ3n) is 4.41. The van der Waals surface area contributed by atoms with Gasteiger partial charge in [-0.15, -0.1) is 10.2 Å². The molecular formula is C15H29N5O. The van der Waals surface area contributed by atoms with Crippen molar-refractivity contribution in [3.8, 4) is 0 Å². The normalized spacial score (nSPS) is 19.8. The maximum Gasteiger partial charge on any atom is 0.147 e. The molecule has 2 rings (SSSR count). The van der Waals surface area contributed by atoms with Gasteiger partial charge in [-0.2, -0.15) is 0 Å². The molecule has 6 nitrogen and oxygen atoms in total. The lowest BCUT2D eigenvalue weighted by molar-refractivity contribution is 0.173. The number of likely N-dealkylation sites (N-methyl/N-ethyl adjacent to an activating group) is 1. The van der Waals surface area contributed by atoms with E-state index in [-0.39, 0.29) is 0 Å². The molecule has 0 N–H and O–H groups in total. The Balaban J connectivity index is 1.82. The number of aryl methyl sites for hydroxylation is 1. The van der Waals surface area contributed by atoms with Gasteiger partial charge in [0, 0.05) is 39.4 Å². The van der Waals surface area contributed by atoms with Crippen molar-refractivity contribution in [2.45, 2.75) is 45.8 Å². The lowest BCUT2D eigenvalue weighted by atomic mass is 10.2. The van der Waals surface area contributed by atoms with Crippen LogP contribution in [0.1, 0.15) is 31.4 Å².